The van der Waals surface area contributed by atoms with Crippen molar-refractivity contribution in [2.24, 2.45) is 0 Å². The highest BCUT2D eigenvalue weighted by Gasteiger charge is 2.30. The van der Waals surface area contributed by atoms with Crippen LogP contribution in [0.25, 0.3) is 0 Å². The van der Waals surface area contributed by atoms with Gasteiger partial charge in [0.15, 0.2) is 0 Å². The Morgan fingerprint density at radius 3 is 2.38 bits per heavy atom. The minimum absolute atomic E-state index is 0.198. The largest absolute Gasteiger partial charge is 0.320 e. The van der Waals surface area contributed by atoms with E-state index in [1.807, 2.05) is 14.0 Å². The molecule has 0 aliphatic heterocycles. The summed E-state index contributed by atoms with van der Waals surface area (Å²) in [4.78, 5) is 0. The van der Waals surface area contributed by atoms with Crippen molar-refractivity contribution >= 4 is 10.0 Å². The minimum Gasteiger partial charge on any atom is -0.320 e. The van der Waals surface area contributed by atoms with E-state index in [0.29, 0.717) is 6.42 Å². The van der Waals surface area contributed by atoms with Gasteiger partial charge in [0.25, 0.3) is 0 Å². The van der Waals surface area contributed by atoms with Crippen molar-refractivity contribution in [2.75, 3.05) is 19.3 Å². The van der Waals surface area contributed by atoms with Crippen LogP contribution in [0.5, 0.6) is 0 Å². The van der Waals surface area contributed by atoms with Crippen molar-refractivity contribution in [3.63, 3.8) is 0 Å². The van der Waals surface area contributed by atoms with Gasteiger partial charge in [0.05, 0.1) is 5.75 Å². The Morgan fingerprint density at radius 2 is 1.81 bits per heavy atom. The van der Waals surface area contributed by atoms with Crippen LogP contribution in [0.1, 0.15) is 45.4 Å². The molecule has 1 aliphatic carbocycles. The fourth-order valence-electron chi connectivity index (χ4n) is 2.30. The van der Waals surface area contributed by atoms with Crippen molar-refractivity contribution < 1.29 is 8.42 Å². The summed E-state index contributed by atoms with van der Waals surface area (Å²) in [5, 5.41) is 2.96. The Labute approximate surface area is 99.2 Å². The van der Waals surface area contributed by atoms with Crippen molar-refractivity contribution in [1.29, 1.82) is 0 Å². The van der Waals surface area contributed by atoms with Crippen molar-refractivity contribution in [3.05, 3.63) is 0 Å². The standard InChI is InChI=1S/C11H24N2O2S/c1-11(7-4-3-5-8-11)13-16(14,15)10-6-9-12-2/h12-13H,3-10H2,1-2H3. The topological polar surface area (TPSA) is 58.2 Å². The van der Waals surface area contributed by atoms with Gasteiger partial charge in [-0.2, -0.15) is 0 Å². The van der Waals surface area contributed by atoms with Crippen molar-refractivity contribution in [3.8, 4) is 0 Å². The van der Waals surface area contributed by atoms with Gasteiger partial charge in [0.2, 0.25) is 10.0 Å². The normalized spacial score (nSPS) is 20.9. The smallest absolute Gasteiger partial charge is 0.212 e. The van der Waals surface area contributed by atoms with Gasteiger partial charge in [-0.15, -0.1) is 0 Å². The van der Waals surface area contributed by atoms with Gasteiger partial charge in [0, 0.05) is 5.54 Å². The predicted octanol–water partition coefficient (Wildman–Crippen LogP) is 1.24. The lowest BCUT2D eigenvalue weighted by Crippen LogP contribution is -2.48. The third kappa shape index (κ3) is 4.80. The average molecular weight is 248 g/mol. The molecule has 4 nitrogen and oxygen atoms in total. The first-order valence-corrected chi connectivity index (χ1v) is 7.79. The lowest BCUT2D eigenvalue weighted by atomic mass is 9.84. The molecule has 0 heterocycles. The third-order valence-corrected chi connectivity index (χ3v) is 4.83. The average Bonchev–Trinajstić information content (AvgIpc) is 2.17. The lowest BCUT2D eigenvalue weighted by molar-refractivity contribution is 0.294. The van der Waals surface area contributed by atoms with E-state index in [4.69, 9.17) is 0 Å². The van der Waals surface area contributed by atoms with E-state index in [0.717, 1.165) is 32.2 Å². The van der Waals surface area contributed by atoms with E-state index in [1.165, 1.54) is 6.42 Å². The van der Waals surface area contributed by atoms with E-state index < -0.39 is 10.0 Å². The third-order valence-electron chi connectivity index (χ3n) is 3.20. The quantitative estimate of drug-likeness (QED) is 0.695. The molecule has 0 atom stereocenters. The fourth-order valence-corrected chi connectivity index (χ4v) is 3.88. The monoisotopic (exact) mass is 248 g/mol. The zero-order valence-corrected chi connectivity index (χ0v) is 11.2. The molecule has 1 saturated carbocycles. The first kappa shape index (κ1) is 13.9. The number of rotatable bonds is 6. The molecule has 0 spiro atoms. The summed E-state index contributed by atoms with van der Waals surface area (Å²) in [6, 6.07) is 0. The molecule has 0 bridgehead atoms. The Morgan fingerprint density at radius 1 is 1.19 bits per heavy atom. The number of sulfonamides is 1. The highest BCUT2D eigenvalue weighted by Crippen LogP contribution is 2.28. The second-order valence-corrected chi connectivity index (χ2v) is 6.84. The Kier molecular flexibility index (Phi) is 5.21. The molecule has 0 aromatic carbocycles. The molecule has 2 N–H and O–H groups in total. The lowest BCUT2D eigenvalue weighted by Gasteiger charge is -2.34. The maximum atomic E-state index is 11.8. The summed E-state index contributed by atoms with van der Waals surface area (Å²) in [7, 11) is -1.27. The number of hydrogen-bond acceptors (Lipinski definition) is 3. The second kappa shape index (κ2) is 5.98. The summed E-state index contributed by atoms with van der Waals surface area (Å²) in [6.45, 7) is 2.78. The molecule has 1 rings (SSSR count). The van der Waals surface area contributed by atoms with Gasteiger partial charge in [-0.1, -0.05) is 19.3 Å². The van der Waals surface area contributed by atoms with E-state index in [-0.39, 0.29) is 11.3 Å². The molecule has 0 unspecified atom stereocenters. The summed E-state index contributed by atoms with van der Waals surface area (Å²) in [5.41, 5.74) is -0.198. The summed E-state index contributed by atoms with van der Waals surface area (Å²) >= 11 is 0. The second-order valence-electron chi connectivity index (χ2n) is 5.00. The van der Waals surface area contributed by atoms with Gasteiger partial charge < -0.3 is 5.32 Å². The molecule has 0 aromatic rings. The zero-order valence-electron chi connectivity index (χ0n) is 10.4. The first-order chi connectivity index (χ1) is 7.47. The van der Waals surface area contributed by atoms with E-state index in [2.05, 4.69) is 10.0 Å². The Bertz CT molecular complexity index is 295. The van der Waals surface area contributed by atoms with Crippen molar-refractivity contribution in [2.45, 2.75) is 51.0 Å². The van der Waals surface area contributed by atoms with Gasteiger partial charge in [-0.25, -0.2) is 13.1 Å². The van der Waals surface area contributed by atoms with Crippen LogP contribution in [-0.2, 0) is 10.0 Å². The van der Waals surface area contributed by atoms with Crippen molar-refractivity contribution in [1.82, 2.24) is 10.0 Å². The molecule has 16 heavy (non-hydrogen) atoms. The fraction of sp³-hybridized carbons (Fsp3) is 1.00. The van der Waals surface area contributed by atoms with Crippen LogP contribution in [0.3, 0.4) is 0 Å². The zero-order chi connectivity index (χ0) is 12.1. The molecule has 1 fully saturated rings. The number of hydrogen-bond donors (Lipinski definition) is 2. The van der Waals surface area contributed by atoms with Gasteiger partial charge in [-0.3, -0.25) is 0 Å². The molecule has 0 aromatic heterocycles. The van der Waals surface area contributed by atoms with E-state index in [9.17, 15) is 8.42 Å². The maximum absolute atomic E-state index is 11.8. The SMILES string of the molecule is CNCCCS(=O)(=O)NC1(C)CCCCC1. The van der Waals surface area contributed by atoms with Crippen LogP contribution < -0.4 is 10.0 Å². The van der Waals surface area contributed by atoms with E-state index >= 15 is 0 Å². The molecule has 0 radical (unpaired) electrons. The molecule has 1 aliphatic rings. The molecule has 5 heteroatoms. The Balaban J connectivity index is 2.44. The molecule has 0 amide bonds. The highest BCUT2D eigenvalue weighted by atomic mass is 32.2. The van der Waals surface area contributed by atoms with Crippen LogP contribution in [0.15, 0.2) is 0 Å². The first-order valence-electron chi connectivity index (χ1n) is 6.14. The van der Waals surface area contributed by atoms with E-state index in [1.54, 1.807) is 0 Å². The molecule has 96 valence electrons. The summed E-state index contributed by atoms with van der Waals surface area (Å²) in [6.07, 6.45) is 6.11. The maximum Gasteiger partial charge on any atom is 0.212 e. The van der Waals surface area contributed by atoms with Crippen LogP contribution in [-0.4, -0.2) is 33.3 Å². The molecular weight excluding hydrogens is 224 g/mol. The predicted molar refractivity (Wildman–Crippen MR) is 67.0 cm³/mol. The minimum atomic E-state index is -3.10. The molecule has 0 saturated heterocycles. The molecular formula is C11H24N2O2S. The van der Waals surface area contributed by atoms with Crippen LogP contribution in [0.2, 0.25) is 0 Å². The van der Waals surface area contributed by atoms with Gasteiger partial charge in [0.1, 0.15) is 0 Å². The number of nitrogens with one attached hydrogen (secondary N) is 2. The van der Waals surface area contributed by atoms with Gasteiger partial charge in [-0.05, 0) is 39.8 Å². The summed E-state index contributed by atoms with van der Waals surface area (Å²) in [5.74, 6) is 0.226. The highest BCUT2D eigenvalue weighted by molar-refractivity contribution is 7.89. The Hall–Kier alpha value is -0.130. The van der Waals surface area contributed by atoms with Crippen LogP contribution >= 0.6 is 0 Å². The summed E-state index contributed by atoms with van der Waals surface area (Å²) < 4.78 is 26.6. The van der Waals surface area contributed by atoms with Gasteiger partial charge >= 0.3 is 0 Å². The van der Waals surface area contributed by atoms with Crippen LogP contribution in [0, 0.1) is 0 Å². The van der Waals surface area contributed by atoms with Crippen LogP contribution in [0.4, 0.5) is 0 Å².